The van der Waals surface area contributed by atoms with Gasteiger partial charge in [0.25, 0.3) is 0 Å². The molecule has 1 aliphatic heterocycles. The number of benzene rings is 3. The fraction of sp³-hybridized carbons (Fsp3) is 0.0800. The highest BCUT2D eigenvalue weighted by Crippen LogP contribution is 2.39. The van der Waals surface area contributed by atoms with E-state index >= 15 is 0 Å². The molecule has 0 aliphatic carbocycles. The van der Waals surface area contributed by atoms with E-state index in [-0.39, 0.29) is 28.6 Å². The number of hydrogen-bond acceptors (Lipinski definition) is 3. The van der Waals surface area contributed by atoms with Crippen LogP contribution < -0.4 is 9.47 Å². The lowest BCUT2D eigenvalue weighted by Gasteiger charge is -2.13. The van der Waals surface area contributed by atoms with Crippen LogP contribution in [0.1, 0.15) is 27.0 Å². The molecule has 1 aliphatic rings. The molecular weight excluding hydrogens is 443 g/mol. The zero-order valence-corrected chi connectivity index (χ0v) is 17.1. The summed E-state index contributed by atoms with van der Waals surface area (Å²) < 4.78 is 78.7. The fourth-order valence-corrected chi connectivity index (χ4v) is 3.28. The molecule has 0 radical (unpaired) electrons. The quantitative estimate of drug-likeness (QED) is 0.191. The molecule has 3 aromatic rings. The van der Waals surface area contributed by atoms with Gasteiger partial charge in [-0.05, 0) is 30.7 Å². The highest BCUT2D eigenvalue weighted by Gasteiger charge is 2.30. The van der Waals surface area contributed by atoms with Crippen LogP contribution in [0, 0.1) is 36.0 Å². The second-order valence-electron chi connectivity index (χ2n) is 7.13. The van der Waals surface area contributed by atoms with Gasteiger partial charge in [-0.25, -0.2) is 22.0 Å². The van der Waals surface area contributed by atoms with Crippen LogP contribution in [0.5, 0.6) is 11.5 Å². The van der Waals surface area contributed by atoms with E-state index in [1.807, 2.05) is 30.3 Å². The summed E-state index contributed by atoms with van der Waals surface area (Å²) in [5.74, 6) is -10.3. The van der Waals surface area contributed by atoms with Crippen molar-refractivity contribution in [3.05, 3.63) is 112 Å². The van der Waals surface area contributed by atoms with Gasteiger partial charge in [0.1, 0.15) is 18.1 Å². The molecule has 8 heteroatoms. The van der Waals surface area contributed by atoms with Crippen molar-refractivity contribution in [1.82, 2.24) is 0 Å². The average molecular weight is 458 g/mol. The molecule has 0 unspecified atom stereocenters. The molecule has 0 saturated heterocycles. The molecule has 0 fully saturated rings. The maximum atomic E-state index is 13.9. The van der Waals surface area contributed by atoms with E-state index in [4.69, 9.17) is 9.47 Å². The number of allylic oxidation sites excluding steroid dienone is 3. The first kappa shape index (κ1) is 22.3. The molecule has 0 bridgehead atoms. The van der Waals surface area contributed by atoms with Gasteiger partial charge < -0.3 is 9.47 Å². The number of halogens is 5. The van der Waals surface area contributed by atoms with Crippen molar-refractivity contribution in [1.29, 1.82) is 0 Å². The summed E-state index contributed by atoms with van der Waals surface area (Å²) >= 11 is 0. The highest BCUT2D eigenvalue weighted by molar-refractivity contribution is 6.12. The lowest BCUT2D eigenvalue weighted by atomic mass is 10.1. The minimum Gasteiger partial charge on any atom is -0.488 e. The summed E-state index contributed by atoms with van der Waals surface area (Å²) in [4.78, 5) is 12.6. The Labute approximate surface area is 185 Å². The molecule has 0 N–H and O–H groups in total. The Morgan fingerprint density at radius 3 is 2.18 bits per heavy atom. The summed E-state index contributed by atoms with van der Waals surface area (Å²) in [5, 5.41) is 0. The number of carbonyl (C=O) groups is 1. The number of ketones is 1. The average Bonchev–Trinajstić information content (AvgIpc) is 3.14. The lowest BCUT2D eigenvalue weighted by molar-refractivity contribution is 0.101. The number of carbonyl (C=O) groups excluding carboxylic acids is 1. The molecule has 0 amide bonds. The normalized spacial score (nSPS) is 14.1. The first-order valence-corrected chi connectivity index (χ1v) is 9.72. The highest BCUT2D eigenvalue weighted by atomic mass is 19.2. The number of ether oxygens (including phenoxy) is 2. The predicted octanol–water partition coefficient (Wildman–Crippen LogP) is 6.44. The maximum Gasteiger partial charge on any atom is 0.231 e. The van der Waals surface area contributed by atoms with Crippen molar-refractivity contribution in [2.45, 2.75) is 13.5 Å². The van der Waals surface area contributed by atoms with Crippen molar-refractivity contribution in [3.8, 4) is 11.5 Å². The third-order valence-corrected chi connectivity index (χ3v) is 5.05. The standard InChI is InChI=1S/C25H15F5O3/c1-13-17(32-12-16-19(26)21(28)23(30)22(29)20(16)27)11-10-15-24(31)18(33-25(13)15)9-5-8-14-6-3-2-4-7-14/h2-11H,12H2,1H3/b8-5+,18-9-. The molecule has 3 aromatic carbocycles. The van der Waals surface area contributed by atoms with Crippen LogP contribution in [0.4, 0.5) is 22.0 Å². The lowest BCUT2D eigenvalue weighted by Crippen LogP contribution is -2.10. The zero-order chi connectivity index (χ0) is 23.7. The van der Waals surface area contributed by atoms with Crippen LogP contribution in [0.2, 0.25) is 0 Å². The Kier molecular flexibility index (Phi) is 6.00. The van der Waals surface area contributed by atoms with E-state index < -0.39 is 41.3 Å². The second kappa shape index (κ2) is 8.90. The van der Waals surface area contributed by atoms with E-state index in [0.717, 1.165) is 5.56 Å². The van der Waals surface area contributed by atoms with Gasteiger partial charge >= 0.3 is 0 Å². The second-order valence-corrected chi connectivity index (χ2v) is 7.13. The SMILES string of the molecule is Cc1c(OCc2c(F)c(F)c(F)c(F)c2F)ccc2c1O/C(=C\C=C\c1ccccc1)C2=O. The number of rotatable bonds is 5. The van der Waals surface area contributed by atoms with Crippen molar-refractivity contribution >= 4 is 11.9 Å². The van der Waals surface area contributed by atoms with Crippen LogP contribution in [-0.2, 0) is 6.61 Å². The fourth-order valence-electron chi connectivity index (χ4n) is 3.28. The van der Waals surface area contributed by atoms with Crippen molar-refractivity contribution in [2.24, 2.45) is 0 Å². The molecule has 0 spiro atoms. The summed E-state index contributed by atoms with van der Waals surface area (Å²) in [6, 6.07) is 12.2. The van der Waals surface area contributed by atoms with E-state index in [2.05, 4.69) is 0 Å². The largest absolute Gasteiger partial charge is 0.488 e. The molecule has 0 saturated carbocycles. The topological polar surface area (TPSA) is 35.5 Å². The van der Waals surface area contributed by atoms with Gasteiger partial charge in [0.05, 0.1) is 11.1 Å². The van der Waals surface area contributed by atoms with E-state index in [9.17, 15) is 26.7 Å². The molecule has 4 rings (SSSR count). The third-order valence-electron chi connectivity index (χ3n) is 5.05. The summed E-state index contributed by atoms with van der Waals surface area (Å²) in [6.45, 7) is 0.630. The Bertz CT molecular complexity index is 1280. The Morgan fingerprint density at radius 2 is 1.52 bits per heavy atom. The smallest absolute Gasteiger partial charge is 0.231 e. The summed E-state index contributed by atoms with van der Waals surface area (Å²) in [5.41, 5.74) is 0.419. The number of Topliss-reactive ketones (excluding diaryl/α,β-unsaturated/α-hetero) is 1. The van der Waals surface area contributed by atoms with E-state index in [1.54, 1.807) is 19.1 Å². The Balaban J connectivity index is 1.55. The van der Waals surface area contributed by atoms with Gasteiger partial charge in [0, 0.05) is 5.56 Å². The van der Waals surface area contributed by atoms with Crippen molar-refractivity contribution in [3.63, 3.8) is 0 Å². The molecule has 33 heavy (non-hydrogen) atoms. The molecule has 3 nitrogen and oxygen atoms in total. The van der Waals surface area contributed by atoms with E-state index in [0.29, 0.717) is 5.56 Å². The maximum absolute atomic E-state index is 13.9. The number of hydrogen-bond donors (Lipinski definition) is 0. The molecule has 168 valence electrons. The molecule has 1 heterocycles. The first-order chi connectivity index (χ1) is 15.8. The van der Waals surface area contributed by atoms with Gasteiger partial charge in [0.15, 0.2) is 29.0 Å². The summed E-state index contributed by atoms with van der Waals surface area (Å²) in [6.07, 6.45) is 4.95. The van der Waals surface area contributed by atoms with Gasteiger partial charge in [-0.3, -0.25) is 4.79 Å². The van der Waals surface area contributed by atoms with Gasteiger partial charge in [-0.2, -0.15) is 0 Å². The predicted molar refractivity (Wildman–Crippen MR) is 110 cm³/mol. The van der Waals surface area contributed by atoms with Crippen LogP contribution >= 0.6 is 0 Å². The van der Waals surface area contributed by atoms with Gasteiger partial charge in [0.2, 0.25) is 11.6 Å². The number of fused-ring (bicyclic) bond motifs is 1. The summed E-state index contributed by atoms with van der Waals surface area (Å²) in [7, 11) is 0. The van der Waals surface area contributed by atoms with Crippen LogP contribution in [0.15, 0.2) is 60.4 Å². The van der Waals surface area contributed by atoms with Crippen LogP contribution in [0.25, 0.3) is 6.08 Å². The van der Waals surface area contributed by atoms with Crippen molar-refractivity contribution in [2.75, 3.05) is 0 Å². The van der Waals surface area contributed by atoms with Crippen LogP contribution in [0.3, 0.4) is 0 Å². The Hall–Kier alpha value is -3.94. The molecule has 0 atom stereocenters. The van der Waals surface area contributed by atoms with Crippen molar-refractivity contribution < 1.29 is 36.2 Å². The Morgan fingerprint density at radius 1 is 0.879 bits per heavy atom. The monoisotopic (exact) mass is 458 g/mol. The minimum atomic E-state index is -2.24. The third kappa shape index (κ3) is 4.11. The first-order valence-electron chi connectivity index (χ1n) is 9.72. The molecular formula is C25H15F5O3. The zero-order valence-electron chi connectivity index (χ0n) is 17.1. The van der Waals surface area contributed by atoms with E-state index in [1.165, 1.54) is 18.2 Å². The van der Waals surface area contributed by atoms with Gasteiger partial charge in [-0.15, -0.1) is 0 Å². The van der Waals surface area contributed by atoms with Crippen LogP contribution in [-0.4, -0.2) is 5.78 Å². The molecule has 0 aromatic heterocycles. The van der Waals surface area contributed by atoms with Gasteiger partial charge in [-0.1, -0.05) is 42.5 Å². The minimum absolute atomic E-state index is 0.0616.